The molecule has 0 radical (unpaired) electrons. The van der Waals surface area contributed by atoms with Crippen LogP contribution in [0.2, 0.25) is 5.02 Å². The molecule has 1 aliphatic rings. The standard InChI is InChI=1S/C31H29ClN2O/c1-23-12-17-29(32)28(20-23)25-15-13-24(14-16-25)21-33-18-19-34(31(35)27-10-6-3-7-11-27)30(22-33)26-8-4-2-5-9-26/h2-17,20,30H,18-19,21-22H2,1H3. The fourth-order valence-corrected chi connectivity index (χ4v) is 5.07. The molecule has 4 aromatic rings. The zero-order valence-electron chi connectivity index (χ0n) is 19.9. The Morgan fingerprint density at radius 1 is 0.857 bits per heavy atom. The van der Waals surface area contributed by atoms with Crippen LogP contribution >= 0.6 is 11.6 Å². The minimum Gasteiger partial charge on any atom is -0.329 e. The molecule has 0 N–H and O–H groups in total. The van der Waals surface area contributed by atoms with Gasteiger partial charge in [-0.1, -0.05) is 96.0 Å². The Morgan fingerprint density at radius 2 is 1.54 bits per heavy atom. The summed E-state index contributed by atoms with van der Waals surface area (Å²) >= 11 is 6.44. The lowest BCUT2D eigenvalue weighted by atomic mass is 9.99. The summed E-state index contributed by atoms with van der Waals surface area (Å²) in [6.45, 7) is 5.27. The third-order valence-corrected chi connectivity index (χ3v) is 7.05. The van der Waals surface area contributed by atoms with Crippen molar-refractivity contribution in [3.63, 3.8) is 0 Å². The van der Waals surface area contributed by atoms with E-state index in [1.165, 1.54) is 16.7 Å². The highest BCUT2D eigenvalue weighted by atomic mass is 35.5. The maximum Gasteiger partial charge on any atom is 0.254 e. The summed E-state index contributed by atoms with van der Waals surface area (Å²) in [6, 6.07) is 34.8. The number of carbonyl (C=O) groups excluding carboxylic acids is 1. The molecule has 1 atom stereocenters. The van der Waals surface area contributed by atoms with Crippen LogP contribution in [0.25, 0.3) is 11.1 Å². The lowest BCUT2D eigenvalue weighted by Gasteiger charge is -2.42. The van der Waals surface area contributed by atoms with Gasteiger partial charge in [-0.2, -0.15) is 0 Å². The van der Waals surface area contributed by atoms with E-state index < -0.39 is 0 Å². The topological polar surface area (TPSA) is 23.6 Å². The first-order valence-corrected chi connectivity index (χ1v) is 12.4. The molecule has 0 saturated carbocycles. The first-order chi connectivity index (χ1) is 17.1. The van der Waals surface area contributed by atoms with E-state index in [-0.39, 0.29) is 11.9 Å². The Hall–Kier alpha value is -3.40. The predicted molar refractivity (Wildman–Crippen MR) is 144 cm³/mol. The molecule has 1 unspecified atom stereocenters. The van der Waals surface area contributed by atoms with Gasteiger partial charge in [0.2, 0.25) is 0 Å². The van der Waals surface area contributed by atoms with E-state index >= 15 is 0 Å². The van der Waals surface area contributed by atoms with Crippen LogP contribution in [-0.4, -0.2) is 35.3 Å². The summed E-state index contributed by atoms with van der Waals surface area (Å²) in [7, 11) is 0. The van der Waals surface area contributed by atoms with Crippen molar-refractivity contribution in [1.29, 1.82) is 0 Å². The second kappa shape index (κ2) is 10.5. The molecule has 1 heterocycles. The van der Waals surface area contributed by atoms with E-state index in [1.54, 1.807) is 0 Å². The monoisotopic (exact) mass is 480 g/mol. The Bertz CT molecular complexity index is 1290. The number of benzene rings is 4. The van der Waals surface area contributed by atoms with Crippen LogP contribution in [0.1, 0.15) is 33.1 Å². The van der Waals surface area contributed by atoms with Crippen molar-refractivity contribution < 1.29 is 4.79 Å². The molecule has 4 heteroatoms. The Morgan fingerprint density at radius 3 is 2.26 bits per heavy atom. The van der Waals surface area contributed by atoms with E-state index in [0.29, 0.717) is 6.54 Å². The molecule has 1 fully saturated rings. The average molecular weight is 481 g/mol. The van der Waals surface area contributed by atoms with Crippen LogP contribution in [0.5, 0.6) is 0 Å². The zero-order chi connectivity index (χ0) is 24.2. The Labute approximate surface area is 212 Å². The number of hydrogen-bond acceptors (Lipinski definition) is 2. The fraction of sp³-hybridized carbons (Fsp3) is 0.194. The first kappa shape index (κ1) is 23.3. The Balaban J connectivity index is 1.34. The molecule has 1 saturated heterocycles. The van der Waals surface area contributed by atoms with Crippen molar-refractivity contribution in [3.05, 3.63) is 130 Å². The van der Waals surface area contributed by atoms with E-state index in [1.807, 2.05) is 53.4 Å². The summed E-state index contributed by atoms with van der Waals surface area (Å²) in [5.41, 5.74) is 6.56. The van der Waals surface area contributed by atoms with Gasteiger partial charge in [-0.15, -0.1) is 0 Å². The van der Waals surface area contributed by atoms with Crippen LogP contribution < -0.4 is 0 Å². The summed E-state index contributed by atoms with van der Waals surface area (Å²) in [5, 5.41) is 0.772. The van der Waals surface area contributed by atoms with Gasteiger partial charge in [-0.05, 0) is 47.9 Å². The highest BCUT2D eigenvalue weighted by Crippen LogP contribution is 2.31. The van der Waals surface area contributed by atoms with Crippen molar-refractivity contribution in [3.8, 4) is 11.1 Å². The number of piperazine rings is 1. The van der Waals surface area contributed by atoms with Gasteiger partial charge in [0, 0.05) is 42.3 Å². The summed E-state index contributed by atoms with van der Waals surface area (Å²) in [4.78, 5) is 17.8. The summed E-state index contributed by atoms with van der Waals surface area (Å²) in [6.07, 6.45) is 0. The van der Waals surface area contributed by atoms with Gasteiger partial charge in [0.05, 0.1) is 6.04 Å². The molecule has 5 rings (SSSR count). The molecular weight excluding hydrogens is 452 g/mol. The van der Waals surface area contributed by atoms with Crippen molar-refractivity contribution in [2.45, 2.75) is 19.5 Å². The molecule has 35 heavy (non-hydrogen) atoms. The minimum atomic E-state index is 0.0167. The summed E-state index contributed by atoms with van der Waals surface area (Å²) in [5.74, 6) is 0.0958. The molecule has 1 aliphatic heterocycles. The van der Waals surface area contributed by atoms with Gasteiger partial charge in [0.1, 0.15) is 0 Å². The van der Waals surface area contributed by atoms with Crippen LogP contribution in [0, 0.1) is 6.92 Å². The van der Waals surface area contributed by atoms with Gasteiger partial charge in [0.15, 0.2) is 0 Å². The second-order valence-corrected chi connectivity index (χ2v) is 9.61. The van der Waals surface area contributed by atoms with Crippen LogP contribution in [0.4, 0.5) is 0 Å². The molecule has 0 bridgehead atoms. The Kier molecular flexibility index (Phi) is 6.98. The SMILES string of the molecule is Cc1ccc(Cl)c(-c2ccc(CN3CCN(C(=O)c4ccccc4)C(c4ccccc4)C3)cc2)c1. The largest absolute Gasteiger partial charge is 0.329 e. The number of rotatable bonds is 5. The van der Waals surface area contributed by atoms with E-state index in [2.05, 4.69) is 66.4 Å². The molecule has 0 aliphatic carbocycles. The number of halogens is 1. The fourth-order valence-electron chi connectivity index (χ4n) is 4.84. The van der Waals surface area contributed by atoms with Crippen molar-refractivity contribution in [1.82, 2.24) is 9.80 Å². The van der Waals surface area contributed by atoms with Crippen LogP contribution in [0.15, 0.2) is 103 Å². The third kappa shape index (κ3) is 5.32. The normalized spacial score (nSPS) is 16.3. The minimum absolute atomic E-state index is 0.0167. The molecule has 1 amide bonds. The predicted octanol–water partition coefficient (Wildman–Crippen LogP) is 7.01. The molecule has 0 aromatic heterocycles. The lowest BCUT2D eigenvalue weighted by Crippen LogP contribution is -2.50. The molecule has 176 valence electrons. The molecule has 0 spiro atoms. The molecule has 4 aromatic carbocycles. The molecule has 3 nitrogen and oxygen atoms in total. The summed E-state index contributed by atoms with van der Waals surface area (Å²) < 4.78 is 0. The van der Waals surface area contributed by atoms with Gasteiger partial charge < -0.3 is 4.90 Å². The van der Waals surface area contributed by atoms with Gasteiger partial charge in [-0.25, -0.2) is 0 Å². The van der Waals surface area contributed by atoms with Gasteiger partial charge >= 0.3 is 0 Å². The van der Waals surface area contributed by atoms with Crippen molar-refractivity contribution in [2.24, 2.45) is 0 Å². The van der Waals surface area contributed by atoms with Gasteiger partial charge in [-0.3, -0.25) is 9.69 Å². The number of amides is 1. The number of nitrogens with zero attached hydrogens (tertiary/aromatic N) is 2. The smallest absolute Gasteiger partial charge is 0.254 e. The number of carbonyl (C=O) groups is 1. The van der Waals surface area contributed by atoms with Crippen LogP contribution in [0.3, 0.4) is 0 Å². The van der Waals surface area contributed by atoms with E-state index in [9.17, 15) is 4.79 Å². The van der Waals surface area contributed by atoms with Gasteiger partial charge in [0.25, 0.3) is 5.91 Å². The second-order valence-electron chi connectivity index (χ2n) is 9.21. The number of aryl methyl sites for hydroxylation is 1. The third-order valence-electron chi connectivity index (χ3n) is 6.72. The average Bonchev–Trinajstić information content (AvgIpc) is 2.91. The van der Waals surface area contributed by atoms with Crippen molar-refractivity contribution in [2.75, 3.05) is 19.6 Å². The maximum absolute atomic E-state index is 13.4. The van der Waals surface area contributed by atoms with Crippen LogP contribution in [-0.2, 0) is 6.54 Å². The highest BCUT2D eigenvalue weighted by Gasteiger charge is 2.32. The lowest BCUT2D eigenvalue weighted by molar-refractivity contribution is 0.0434. The zero-order valence-corrected chi connectivity index (χ0v) is 20.7. The highest BCUT2D eigenvalue weighted by molar-refractivity contribution is 6.33. The first-order valence-electron chi connectivity index (χ1n) is 12.1. The quantitative estimate of drug-likeness (QED) is 0.306. The van der Waals surface area contributed by atoms with E-state index in [4.69, 9.17) is 11.6 Å². The molecular formula is C31H29ClN2O. The number of hydrogen-bond donors (Lipinski definition) is 0. The van der Waals surface area contributed by atoms with Crippen molar-refractivity contribution >= 4 is 17.5 Å². The maximum atomic E-state index is 13.4. The van der Waals surface area contributed by atoms with E-state index in [0.717, 1.165) is 41.3 Å².